The average molecular weight is 390 g/mol. The Bertz CT molecular complexity index is 1040. The number of pyridine rings is 2. The largest absolute Gasteiger partial charge is 0.490 e. The lowest BCUT2D eigenvalue weighted by molar-refractivity contribution is -0.117. The van der Waals surface area contributed by atoms with E-state index in [1.807, 2.05) is 12.1 Å². The van der Waals surface area contributed by atoms with E-state index in [-0.39, 0.29) is 23.8 Å². The fourth-order valence-electron chi connectivity index (χ4n) is 3.58. The lowest BCUT2D eigenvalue weighted by Crippen LogP contribution is -2.21. The zero-order chi connectivity index (χ0) is 20.0. The predicted octanol–water partition coefficient (Wildman–Crippen LogP) is 2.82. The number of rotatable bonds is 6. The molecule has 5 rings (SSSR count). The van der Waals surface area contributed by atoms with E-state index in [9.17, 15) is 9.59 Å². The van der Waals surface area contributed by atoms with Crippen molar-refractivity contribution in [1.29, 1.82) is 0 Å². The summed E-state index contributed by atoms with van der Waals surface area (Å²) < 4.78 is 6.06. The van der Waals surface area contributed by atoms with Crippen molar-refractivity contribution in [1.82, 2.24) is 15.3 Å². The average Bonchev–Trinajstić information content (AvgIpc) is 3.66. The Morgan fingerprint density at radius 2 is 2.00 bits per heavy atom. The van der Waals surface area contributed by atoms with Gasteiger partial charge in [-0.1, -0.05) is 0 Å². The molecule has 7 heteroatoms. The molecule has 2 aromatic rings. The van der Waals surface area contributed by atoms with Crippen molar-refractivity contribution < 1.29 is 14.3 Å². The van der Waals surface area contributed by atoms with Crippen LogP contribution < -0.4 is 15.4 Å². The summed E-state index contributed by atoms with van der Waals surface area (Å²) in [7, 11) is 1.60. The number of carbonyl (C=O) groups excluding carboxylic acids is 2. The highest BCUT2D eigenvalue weighted by molar-refractivity contribution is 6.04. The van der Waals surface area contributed by atoms with Gasteiger partial charge in [-0.05, 0) is 49.0 Å². The zero-order valence-corrected chi connectivity index (χ0v) is 16.2. The summed E-state index contributed by atoms with van der Waals surface area (Å²) in [6.07, 6.45) is 11.9. The second-order valence-corrected chi connectivity index (χ2v) is 7.79. The number of hydrogen-bond donors (Lipinski definition) is 2. The molecule has 0 aromatic carbocycles. The molecule has 2 saturated carbocycles. The second kappa shape index (κ2) is 6.99. The number of allylic oxidation sites excluding steroid dienone is 1. The van der Waals surface area contributed by atoms with Crippen molar-refractivity contribution >= 4 is 29.3 Å². The lowest BCUT2D eigenvalue weighted by atomic mass is 10.0. The molecule has 7 nitrogen and oxygen atoms in total. The topological polar surface area (TPSA) is 93.2 Å². The molecule has 148 valence electrons. The van der Waals surface area contributed by atoms with Crippen LogP contribution in [0.4, 0.5) is 5.82 Å². The van der Waals surface area contributed by atoms with Crippen LogP contribution in [0.1, 0.15) is 52.7 Å². The van der Waals surface area contributed by atoms with Crippen LogP contribution >= 0.6 is 0 Å². The summed E-state index contributed by atoms with van der Waals surface area (Å²) in [5.41, 5.74) is 4.07. The summed E-state index contributed by atoms with van der Waals surface area (Å²) >= 11 is 0. The summed E-state index contributed by atoms with van der Waals surface area (Å²) in [5, 5.41) is 5.62. The van der Waals surface area contributed by atoms with Crippen molar-refractivity contribution in [2.24, 2.45) is 5.92 Å². The molecular formula is C22H22N4O3. The minimum atomic E-state index is -0.202. The van der Waals surface area contributed by atoms with Crippen LogP contribution in [0, 0.1) is 5.92 Å². The minimum absolute atomic E-state index is 0.0000217. The Morgan fingerprint density at radius 3 is 2.72 bits per heavy atom. The second-order valence-electron chi connectivity index (χ2n) is 7.79. The molecule has 2 N–H and O–H groups in total. The van der Waals surface area contributed by atoms with Gasteiger partial charge in [0.15, 0.2) is 0 Å². The van der Waals surface area contributed by atoms with E-state index in [4.69, 9.17) is 4.74 Å². The van der Waals surface area contributed by atoms with E-state index in [2.05, 4.69) is 20.6 Å². The molecule has 2 heterocycles. The molecule has 29 heavy (non-hydrogen) atoms. The third kappa shape index (κ3) is 3.48. The molecule has 3 aliphatic rings. The van der Waals surface area contributed by atoms with Gasteiger partial charge in [-0.25, -0.2) is 4.98 Å². The third-order valence-electron chi connectivity index (χ3n) is 5.52. The Hall–Kier alpha value is -3.22. The molecule has 0 radical (unpaired) electrons. The van der Waals surface area contributed by atoms with Gasteiger partial charge in [0, 0.05) is 49.1 Å². The van der Waals surface area contributed by atoms with Crippen molar-refractivity contribution in [2.75, 3.05) is 12.4 Å². The summed E-state index contributed by atoms with van der Waals surface area (Å²) in [6.45, 7) is 0. The fourth-order valence-corrected chi connectivity index (χ4v) is 3.58. The van der Waals surface area contributed by atoms with Crippen LogP contribution in [0.25, 0.3) is 11.6 Å². The van der Waals surface area contributed by atoms with Gasteiger partial charge < -0.3 is 15.4 Å². The third-order valence-corrected chi connectivity index (χ3v) is 5.52. The molecular weight excluding hydrogens is 368 g/mol. The smallest absolute Gasteiger partial charge is 0.253 e. The van der Waals surface area contributed by atoms with Gasteiger partial charge >= 0.3 is 0 Å². The van der Waals surface area contributed by atoms with E-state index in [1.54, 1.807) is 19.4 Å². The maximum atomic E-state index is 12.4. The van der Waals surface area contributed by atoms with E-state index < -0.39 is 0 Å². The van der Waals surface area contributed by atoms with E-state index >= 15 is 0 Å². The van der Waals surface area contributed by atoms with Gasteiger partial charge in [0.05, 0.1) is 11.7 Å². The normalized spacial score (nSPS) is 17.3. The zero-order valence-electron chi connectivity index (χ0n) is 16.2. The Labute approximate surface area is 168 Å². The molecule has 0 aliphatic heterocycles. The molecule has 2 aromatic heterocycles. The maximum Gasteiger partial charge on any atom is 0.253 e. The summed E-state index contributed by atoms with van der Waals surface area (Å²) in [6, 6.07) is 1.88. The van der Waals surface area contributed by atoms with Crippen molar-refractivity contribution in [3.8, 4) is 5.75 Å². The van der Waals surface area contributed by atoms with Crippen molar-refractivity contribution in [3.05, 3.63) is 46.9 Å². The van der Waals surface area contributed by atoms with Crippen molar-refractivity contribution in [3.63, 3.8) is 0 Å². The molecule has 3 aliphatic carbocycles. The van der Waals surface area contributed by atoms with Crippen LogP contribution in [0.2, 0.25) is 0 Å². The Kier molecular flexibility index (Phi) is 4.30. The van der Waals surface area contributed by atoms with Crippen LogP contribution in [0.15, 0.2) is 24.7 Å². The number of aromatic nitrogens is 2. The molecule has 0 spiro atoms. The first kappa shape index (κ1) is 17.8. The Balaban J connectivity index is 1.53. The van der Waals surface area contributed by atoms with Crippen LogP contribution in [0.5, 0.6) is 5.75 Å². The first-order valence-corrected chi connectivity index (χ1v) is 10.0. The van der Waals surface area contributed by atoms with Gasteiger partial charge in [-0.15, -0.1) is 0 Å². The van der Waals surface area contributed by atoms with Gasteiger partial charge in [0.1, 0.15) is 11.6 Å². The van der Waals surface area contributed by atoms with Gasteiger partial charge in [-0.3, -0.25) is 14.6 Å². The Morgan fingerprint density at radius 1 is 1.17 bits per heavy atom. The van der Waals surface area contributed by atoms with Crippen LogP contribution in [0.3, 0.4) is 0 Å². The number of fused-ring (bicyclic) bond motifs is 1. The highest BCUT2D eigenvalue weighted by atomic mass is 16.5. The van der Waals surface area contributed by atoms with Crippen molar-refractivity contribution in [2.45, 2.75) is 38.2 Å². The van der Waals surface area contributed by atoms with Crippen LogP contribution in [-0.4, -0.2) is 34.9 Å². The molecule has 2 fully saturated rings. The molecule has 0 unspecified atom stereocenters. The number of ether oxygens (including phenoxy) is 1. The fraction of sp³-hybridized carbons (Fsp3) is 0.364. The van der Waals surface area contributed by atoms with Gasteiger partial charge in [0.25, 0.3) is 5.91 Å². The standard InChI is InChI=1S/C22H22N4O3/c1-23-22(28)18-11-25-20(26-21(27)12-2-3-12)16-9-13(8-15(16)18)17-10-24-7-6-19(17)29-14-4-5-14/h6-8,10-12,14H,2-5,9H2,1H3,(H,23,28)(H,25,26,27). The molecule has 2 amide bonds. The number of hydrogen-bond acceptors (Lipinski definition) is 5. The SMILES string of the molecule is CNC(=O)c1cnc(NC(=O)C2CC2)c2c1C=C(c1cnccc1OC1CC1)C2. The monoisotopic (exact) mass is 390 g/mol. The number of nitrogens with zero attached hydrogens (tertiary/aromatic N) is 2. The van der Waals surface area contributed by atoms with E-state index in [0.717, 1.165) is 53.7 Å². The number of amides is 2. The predicted molar refractivity (Wildman–Crippen MR) is 108 cm³/mol. The highest BCUT2D eigenvalue weighted by Gasteiger charge is 2.32. The number of carbonyl (C=O) groups is 2. The molecule has 0 bridgehead atoms. The molecule has 0 saturated heterocycles. The summed E-state index contributed by atoms with van der Waals surface area (Å²) in [5.74, 6) is 1.22. The maximum absolute atomic E-state index is 12.4. The van der Waals surface area contributed by atoms with Gasteiger partial charge in [-0.2, -0.15) is 0 Å². The lowest BCUT2D eigenvalue weighted by Gasteiger charge is -2.13. The molecule has 0 atom stereocenters. The minimum Gasteiger partial charge on any atom is -0.490 e. The van der Waals surface area contributed by atoms with E-state index in [0.29, 0.717) is 17.8 Å². The van der Waals surface area contributed by atoms with Crippen LogP contribution in [-0.2, 0) is 11.2 Å². The first-order valence-electron chi connectivity index (χ1n) is 10.0. The highest BCUT2D eigenvalue weighted by Crippen LogP contribution is 2.41. The van der Waals surface area contributed by atoms with Gasteiger partial charge in [0.2, 0.25) is 5.91 Å². The number of anilines is 1. The summed E-state index contributed by atoms with van der Waals surface area (Å²) in [4.78, 5) is 33.4. The number of nitrogens with one attached hydrogen (secondary N) is 2. The first-order chi connectivity index (χ1) is 14.1. The van der Waals surface area contributed by atoms with E-state index in [1.165, 1.54) is 6.20 Å². The quantitative estimate of drug-likeness (QED) is 0.791.